The molecule has 2 atom stereocenters. The normalized spacial score (nSPS) is 15.3. The first-order valence-corrected chi connectivity index (χ1v) is 4.37. The standard InChI is InChI=1S/C7H18N4S/c1-5(9-3)11(7(8)12)6(2)10-4/h5-6,9-10H,1-4H3,(H2,8,12). The topological polar surface area (TPSA) is 53.3 Å². The van der Waals surface area contributed by atoms with Crippen molar-refractivity contribution < 1.29 is 0 Å². The summed E-state index contributed by atoms with van der Waals surface area (Å²) in [6, 6.07) is 0. The van der Waals surface area contributed by atoms with E-state index < -0.39 is 0 Å². The van der Waals surface area contributed by atoms with Crippen molar-refractivity contribution in [2.45, 2.75) is 26.2 Å². The van der Waals surface area contributed by atoms with Crippen molar-refractivity contribution in [3.63, 3.8) is 0 Å². The molecule has 0 radical (unpaired) electrons. The van der Waals surface area contributed by atoms with Crippen LogP contribution in [0.3, 0.4) is 0 Å². The summed E-state index contributed by atoms with van der Waals surface area (Å²) in [5.74, 6) is 0. The molecule has 0 aromatic rings. The summed E-state index contributed by atoms with van der Waals surface area (Å²) in [7, 11) is 3.75. The predicted molar refractivity (Wildman–Crippen MR) is 55.7 cm³/mol. The monoisotopic (exact) mass is 190 g/mol. The SMILES string of the molecule is CNC(C)N(C(N)=S)C(C)NC. The van der Waals surface area contributed by atoms with E-state index in [4.69, 9.17) is 18.0 Å². The predicted octanol–water partition coefficient (Wildman–Crippen LogP) is -0.337. The summed E-state index contributed by atoms with van der Waals surface area (Å²) in [5.41, 5.74) is 5.57. The molecule has 0 bridgehead atoms. The van der Waals surface area contributed by atoms with E-state index in [1.807, 2.05) is 32.8 Å². The number of hydrogen-bond acceptors (Lipinski definition) is 3. The fraction of sp³-hybridized carbons (Fsp3) is 0.857. The van der Waals surface area contributed by atoms with Gasteiger partial charge in [0.05, 0.1) is 12.3 Å². The smallest absolute Gasteiger partial charge is 0.168 e. The third-order valence-corrected chi connectivity index (χ3v) is 2.14. The van der Waals surface area contributed by atoms with E-state index in [0.717, 1.165) is 0 Å². The number of nitrogens with two attached hydrogens (primary N) is 1. The molecule has 0 heterocycles. The Morgan fingerprint density at radius 1 is 1.25 bits per heavy atom. The van der Waals surface area contributed by atoms with E-state index in [1.165, 1.54) is 0 Å². The second-order valence-corrected chi connectivity index (χ2v) is 3.09. The van der Waals surface area contributed by atoms with E-state index in [1.54, 1.807) is 0 Å². The highest BCUT2D eigenvalue weighted by atomic mass is 32.1. The van der Waals surface area contributed by atoms with E-state index in [2.05, 4.69) is 10.6 Å². The van der Waals surface area contributed by atoms with Crippen molar-refractivity contribution >= 4 is 17.3 Å². The fourth-order valence-corrected chi connectivity index (χ4v) is 1.31. The van der Waals surface area contributed by atoms with Gasteiger partial charge in [0.2, 0.25) is 0 Å². The number of rotatable bonds is 4. The second kappa shape index (κ2) is 5.29. The summed E-state index contributed by atoms with van der Waals surface area (Å²) >= 11 is 4.93. The Balaban J connectivity index is 4.32. The van der Waals surface area contributed by atoms with Gasteiger partial charge >= 0.3 is 0 Å². The molecule has 0 fully saturated rings. The average Bonchev–Trinajstić information content (AvgIpc) is 2.03. The molecule has 0 rings (SSSR count). The lowest BCUT2D eigenvalue weighted by Crippen LogP contribution is -2.56. The highest BCUT2D eigenvalue weighted by Crippen LogP contribution is 1.99. The minimum Gasteiger partial charge on any atom is -0.376 e. The van der Waals surface area contributed by atoms with Gasteiger partial charge in [-0.2, -0.15) is 0 Å². The lowest BCUT2D eigenvalue weighted by molar-refractivity contribution is 0.216. The maximum Gasteiger partial charge on any atom is 0.168 e. The Bertz CT molecular complexity index is 140. The highest BCUT2D eigenvalue weighted by Gasteiger charge is 2.17. The van der Waals surface area contributed by atoms with E-state index >= 15 is 0 Å². The third-order valence-electron chi connectivity index (χ3n) is 1.92. The Morgan fingerprint density at radius 3 is 1.75 bits per heavy atom. The molecule has 12 heavy (non-hydrogen) atoms. The summed E-state index contributed by atoms with van der Waals surface area (Å²) in [5, 5.41) is 6.56. The lowest BCUT2D eigenvalue weighted by Gasteiger charge is -2.34. The average molecular weight is 190 g/mol. The van der Waals surface area contributed by atoms with Crippen LogP contribution < -0.4 is 16.4 Å². The van der Waals surface area contributed by atoms with E-state index in [9.17, 15) is 0 Å². The van der Waals surface area contributed by atoms with Gasteiger partial charge in [-0.1, -0.05) is 0 Å². The molecule has 72 valence electrons. The number of hydrogen-bond donors (Lipinski definition) is 3. The third kappa shape index (κ3) is 2.92. The van der Waals surface area contributed by atoms with Gasteiger partial charge in [-0.05, 0) is 40.2 Å². The van der Waals surface area contributed by atoms with Gasteiger partial charge < -0.3 is 21.3 Å². The van der Waals surface area contributed by atoms with Crippen LogP contribution in [0.4, 0.5) is 0 Å². The molecule has 4 N–H and O–H groups in total. The van der Waals surface area contributed by atoms with Gasteiger partial charge in [0.15, 0.2) is 5.11 Å². The molecule has 5 heteroatoms. The van der Waals surface area contributed by atoms with Crippen LogP contribution >= 0.6 is 12.2 Å². The van der Waals surface area contributed by atoms with Crippen molar-refractivity contribution in [2.75, 3.05) is 14.1 Å². The molecule has 2 unspecified atom stereocenters. The molecule has 0 saturated carbocycles. The Labute approximate surface area is 79.5 Å². The Morgan fingerprint density at radius 2 is 1.58 bits per heavy atom. The minimum absolute atomic E-state index is 0.143. The van der Waals surface area contributed by atoms with Crippen molar-refractivity contribution in [2.24, 2.45) is 5.73 Å². The largest absolute Gasteiger partial charge is 0.376 e. The van der Waals surface area contributed by atoms with E-state index in [0.29, 0.717) is 5.11 Å². The van der Waals surface area contributed by atoms with Crippen LogP contribution in [-0.4, -0.2) is 36.4 Å². The number of nitrogens with zero attached hydrogens (tertiary/aromatic N) is 1. The summed E-state index contributed by atoms with van der Waals surface area (Å²) < 4.78 is 0. The molecule has 0 aromatic heterocycles. The second-order valence-electron chi connectivity index (χ2n) is 2.67. The highest BCUT2D eigenvalue weighted by molar-refractivity contribution is 7.80. The lowest BCUT2D eigenvalue weighted by atomic mass is 10.4. The number of thiocarbonyl (C=S) groups is 1. The van der Waals surface area contributed by atoms with Crippen LogP contribution in [-0.2, 0) is 0 Å². The summed E-state index contributed by atoms with van der Waals surface area (Å²) in [6.07, 6.45) is 0.287. The van der Waals surface area contributed by atoms with Gasteiger partial charge in [0, 0.05) is 0 Å². The van der Waals surface area contributed by atoms with Crippen molar-refractivity contribution in [1.29, 1.82) is 0 Å². The molecule has 0 aliphatic rings. The molecule has 0 amide bonds. The zero-order valence-corrected chi connectivity index (χ0v) is 8.90. The minimum atomic E-state index is 0.143. The summed E-state index contributed by atoms with van der Waals surface area (Å²) in [4.78, 5) is 1.90. The zero-order valence-electron chi connectivity index (χ0n) is 8.09. The molecular formula is C7H18N4S. The van der Waals surface area contributed by atoms with E-state index in [-0.39, 0.29) is 12.3 Å². The van der Waals surface area contributed by atoms with Gasteiger partial charge in [0.25, 0.3) is 0 Å². The first-order chi connectivity index (χ1) is 5.54. The van der Waals surface area contributed by atoms with Crippen LogP contribution in [0, 0.1) is 0 Å². The maximum atomic E-state index is 5.57. The van der Waals surface area contributed by atoms with Crippen molar-refractivity contribution in [1.82, 2.24) is 15.5 Å². The van der Waals surface area contributed by atoms with Gasteiger partial charge in [-0.25, -0.2) is 0 Å². The van der Waals surface area contributed by atoms with Crippen LogP contribution in [0.2, 0.25) is 0 Å². The molecule has 0 aromatic carbocycles. The van der Waals surface area contributed by atoms with Crippen LogP contribution in [0.5, 0.6) is 0 Å². The number of nitrogens with one attached hydrogen (secondary N) is 2. The summed E-state index contributed by atoms with van der Waals surface area (Å²) in [6.45, 7) is 4.01. The molecule has 0 aliphatic carbocycles. The first kappa shape index (κ1) is 11.6. The van der Waals surface area contributed by atoms with Crippen molar-refractivity contribution in [3.8, 4) is 0 Å². The van der Waals surface area contributed by atoms with Gasteiger partial charge in [-0.3, -0.25) is 0 Å². The van der Waals surface area contributed by atoms with Crippen LogP contribution in [0.15, 0.2) is 0 Å². The molecular weight excluding hydrogens is 172 g/mol. The van der Waals surface area contributed by atoms with Gasteiger partial charge in [-0.15, -0.1) is 0 Å². The van der Waals surface area contributed by atoms with Crippen molar-refractivity contribution in [3.05, 3.63) is 0 Å². The molecule has 4 nitrogen and oxygen atoms in total. The maximum absolute atomic E-state index is 5.57. The molecule has 0 saturated heterocycles. The zero-order chi connectivity index (χ0) is 9.72. The van der Waals surface area contributed by atoms with Crippen LogP contribution in [0.25, 0.3) is 0 Å². The Hall–Kier alpha value is -0.390. The van der Waals surface area contributed by atoms with Crippen LogP contribution in [0.1, 0.15) is 13.8 Å². The van der Waals surface area contributed by atoms with Gasteiger partial charge in [0.1, 0.15) is 0 Å². The molecule has 0 aliphatic heterocycles. The Kier molecular flexibility index (Phi) is 5.12. The molecule has 0 spiro atoms. The first-order valence-electron chi connectivity index (χ1n) is 3.96. The fourth-order valence-electron chi connectivity index (χ4n) is 0.995. The quantitative estimate of drug-likeness (QED) is 0.418.